The zero-order valence-electron chi connectivity index (χ0n) is 11.0. The molecule has 0 fully saturated rings. The first kappa shape index (κ1) is 14.1. The highest BCUT2D eigenvalue weighted by Gasteiger charge is 2.14. The number of aromatic nitrogens is 3. The molecule has 112 valence electrons. The summed E-state index contributed by atoms with van der Waals surface area (Å²) in [5, 5.41) is 10.8. The van der Waals surface area contributed by atoms with Crippen LogP contribution in [-0.2, 0) is 6.54 Å². The van der Waals surface area contributed by atoms with E-state index in [1.54, 1.807) is 12.1 Å². The number of fused-ring (bicyclic) bond motifs is 1. The lowest BCUT2D eigenvalue weighted by Crippen LogP contribution is -2.20. The summed E-state index contributed by atoms with van der Waals surface area (Å²) < 4.78 is 18.4. The molecule has 7 nitrogen and oxygen atoms in total. The fourth-order valence-corrected chi connectivity index (χ4v) is 2.68. The highest BCUT2D eigenvalue weighted by atomic mass is 32.1. The second kappa shape index (κ2) is 5.53. The lowest BCUT2D eigenvalue weighted by molar-refractivity contribution is 0.209. The summed E-state index contributed by atoms with van der Waals surface area (Å²) in [6.45, 7) is 0.238. The predicted octanol–water partition coefficient (Wildman–Crippen LogP) is 2.13. The smallest absolute Gasteiger partial charge is 0.410 e. The molecule has 0 unspecified atom stereocenters. The average Bonchev–Trinajstić information content (AvgIpc) is 2.87. The van der Waals surface area contributed by atoms with Crippen LogP contribution < -0.4 is 10.9 Å². The minimum absolute atomic E-state index is 0.0403. The number of carbonyl (C=O) groups is 1. The molecule has 0 bridgehead atoms. The number of hydrogen-bond acceptors (Lipinski definition) is 5. The second-order valence-electron chi connectivity index (χ2n) is 4.44. The number of benzene rings is 1. The van der Waals surface area contributed by atoms with Crippen LogP contribution in [0.1, 0.15) is 5.56 Å². The number of anilines is 1. The van der Waals surface area contributed by atoms with Crippen LogP contribution in [0.2, 0.25) is 0 Å². The van der Waals surface area contributed by atoms with E-state index in [9.17, 15) is 14.0 Å². The van der Waals surface area contributed by atoms with E-state index in [1.165, 1.54) is 23.0 Å². The van der Waals surface area contributed by atoms with Crippen molar-refractivity contribution in [1.82, 2.24) is 13.9 Å². The molecule has 3 rings (SSSR count). The first-order chi connectivity index (χ1) is 10.5. The highest BCUT2D eigenvalue weighted by molar-refractivity contribution is 7.13. The minimum Gasteiger partial charge on any atom is -0.465 e. The molecule has 2 aromatic heterocycles. The quantitative estimate of drug-likeness (QED) is 0.770. The second-order valence-corrected chi connectivity index (χ2v) is 5.22. The number of halogens is 1. The maximum Gasteiger partial charge on any atom is 0.410 e. The first-order valence-corrected chi connectivity index (χ1v) is 6.91. The van der Waals surface area contributed by atoms with Gasteiger partial charge in [0.2, 0.25) is 0 Å². The molecule has 22 heavy (non-hydrogen) atoms. The Labute approximate surface area is 126 Å². The molecule has 0 atom stereocenters. The van der Waals surface area contributed by atoms with Crippen LogP contribution in [-0.4, -0.2) is 25.1 Å². The van der Waals surface area contributed by atoms with Crippen molar-refractivity contribution >= 4 is 33.7 Å². The normalized spacial score (nSPS) is 10.8. The molecule has 0 radical (unpaired) electrons. The molecule has 1 aromatic carbocycles. The van der Waals surface area contributed by atoms with Crippen LogP contribution in [0.25, 0.3) is 10.2 Å². The monoisotopic (exact) mass is 320 g/mol. The van der Waals surface area contributed by atoms with Gasteiger partial charge in [-0.15, -0.1) is 0 Å². The summed E-state index contributed by atoms with van der Waals surface area (Å²) in [5.41, 5.74) is 0.635. The Kier molecular flexibility index (Phi) is 3.55. The van der Waals surface area contributed by atoms with Gasteiger partial charge >= 0.3 is 6.09 Å². The van der Waals surface area contributed by atoms with Crippen LogP contribution >= 0.6 is 11.5 Å². The van der Waals surface area contributed by atoms with Crippen molar-refractivity contribution in [2.75, 3.05) is 5.32 Å². The Morgan fingerprint density at radius 1 is 1.36 bits per heavy atom. The van der Waals surface area contributed by atoms with Gasteiger partial charge in [0.05, 0.1) is 12.9 Å². The lowest BCUT2D eigenvalue weighted by atomic mass is 10.2. The third-order valence-corrected chi connectivity index (χ3v) is 3.76. The number of nitrogens with one attached hydrogen (secondary N) is 1. The van der Waals surface area contributed by atoms with Crippen molar-refractivity contribution in [3.8, 4) is 0 Å². The Morgan fingerprint density at radius 3 is 2.77 bits per heavy atom. The van der Waals surface area contributed by atoms with Crippen molar-refractivity contribution in [1.29, 1.82) is 0 Å². The largest absolute Gasteiger partial charge is 0.465 e. The standard InChI is InChI=1S/C13H9FN4O3S/c14-8-3-1-7(2-4-8)5-18-6-15-9-10(12(18)19)22-17-11(9)16-13(20)21/h1-4,6H,5H2,(H,16,17)(H,20,21). The Morgan fingerprint density at radius 2 is 2.09 bits per heavy atom. The summed E-state index contributed by atoms with van der Waals surface area (Å²) in [7, 11) is 0. The van der Waals surface area contributed by atoms with Crippen molar-refractivity contribution in [2.45, 2.75) is 6.54 Å². The van der Waals surface area contributed by atoms with Crippen molar-refractivity contribution < 1.29 is 14.3 Å². The summed E-state index contributed by atoms with van der Waals surface area (Å²) in [4.78, 5) is 27.1. The van der Waals surface area contributed by atoms with E-state index in [0.29, 0.717) is 0 Å². The third kappa shape index (κ3) is 2.66. The molecule has 0 aliphatic heterocycles. The molecule has 1 amide bonds. The van der Waals surface area contributed by atoms with Crippen molar-refractivity contribution in [3.05, 3.63) is 52.3 Å². The number of hydrogen-bond donors (Lipinski definition) is 2. The predicted molar refractivity (Wildman–Crippen MR) is 78.8 cm³/mol. The molecule has 0 saturated heterocycles. The van der Waals surface area contributed by atoms with E-state index in [0.717, 1.165) is 17.1 Å². The number of rotatable bonds is 3. The molecule has 0 saturated carbocycles. The van der Waals surface area contributed by atoms with Gasteiger partial charge < -0.3 is 5.11 Å². The van der Waals surface area contributed by atoms with Crippen LogP contribution in [0.15, 0.2) is 35.4 Å². The molecule has 9 heteroatoms. The zero-order valence-corrected chi connectivity index (χ0v) is 11.8. The fourth-order valence-electron chi connectivity index (χ4n) is 1.94. The Balaban J connectivity index is 1.98. The van der Waals surface area contributed by atoms with Gasteiger partial charge in [0, 0.05) is 0 Å². The van der Waals surface area contributed by atoms with Gasteiger partial charge in [-0.1, -0.05) is 12.1 Å². The van der Waals surface area contributed by atoms with Gasteiger partial charge in [0.25, 0.3) is 5.56 Å². The van der Waals surface area contributed by atoms with Crippen molar-refractivity contribution in [2.24, 2.45) is 0 Å². The molecule has 0 aliphatic rings. The van der Waals surface area contributed by atoms with Gasteiger partial charge in [-0.2, -0.15) is 4.37 Å². The summed E-state index contributed by atoms with van der Waals surface area (Å²) >= 11 is 0.878. The van der Waals surface area contributed by atoms with Crippen LogP contribution in [0.5, 0.6) is 0 Å². The molecule has 2 N–H and O–H groups in total. The zero-order chi connectivity index (χ0) is 15.7. The molecule has 2 heterocycles. The van der Waals surface area contributed by atoms with E-state index in [1.807, 2.05) is 0 Å². The van der Waals surface area contributed by atoms with Gasteiger partial charge in [-0.3, -0.25) is 14.7 Å². The van der Waals surface area contributed by atoms with Gasteiger partial charge in [0.15, 0.2) is 5.82 Å². The van der Waals surface area contributed by atoms with Gasteiger partial charge in [-0.05, 0) is 29.2 Å². The maximum atomic E-state index is 12.9. The minimum atomic E-state index is -1.27. The van der Waals surface area contributed by atoms with Crippen LogP contribution in [0.3, 0.4) is 0 Å². The number of nitrogens with zero attached hydrogens (tertiary/aromatic N) is 3. The molecular weight excluding hydrogens is 311 g/mol. The van der Waals surface area contributed by atoms with Crippen LogP contribution in [0, 0.1) is 5.82 Å². The molecule has 0 spiro atoms. The summed E-state index contributed by atoms with van der Waals surface area (Å²) in [6, 6.07) is 5.79. The number of carboxylic acid groups (broad SMARTS) is 1. The highest BCUT2D eigenvalue weighted by Crippen LogP contribution is 2.21. The van der Waals surface area contributed by atoms with E-state index >= 15 is 0 Å². The first-order valence-electron chi connectivity index (χ1n) is 6.14. The van der Waals surface area contributed by atoms with Gasteiger partial charge in [-0.25, -0.2) is 14.2 Å². The molecule has 3 aromatic rings. The number of amides is 1. The molecular formula is C13H9FN4O3S. The molecule has 0 aliphatic carbocycles. The Bertz CT molecular complexity index is 904. The van der Waals surface area contributed by atoms with E-state index in [2.05, 4.69) is 14.7 Å². The topological polar surface area (TPSA) is 97.1 Å². The average molecular weight is 320 g/mol. The SMILES string of the molecule is O=C(O)Nc1nsc2c(=O)n(Cc3ccc(F)cc3)cnc12. The van der Waals surface area contributed by atoms with Crippen molar-refractivity contribution in [3.63, 3.8) is 0 Å². The van der Waals surface area contributed by atoms with Crippen LogP contribution in [0.4, 0.5) is 15.0 Å². The van der Waals surface area contributed by atoms with E-state index in [4.69, 9.17) is 5.11 Å². The summed E-state index contributed by atoms with van der Waals surface area (Å²) in [6.07, 6.45) is 0.0413. The fraction of sp³-hybridized carbons (Fsp3) is 0.0769. The third-order valence-electron chi connectivity index (χ3n) is 2.94. The maximum absolute atomic E-state index is 12.9. The summed E-state index contributed by atoms with van der Waals surface area (Å²) in [5.74, 6) is -0.310. The van der Waals surface area contributed by atoms with Gasteiger partial charge in [0.1, 0.15) is 16.0 Å². The van der Waals surface area contributed by atoms with E-state index in [-0.39, 0.29) is 34.0 Å². The lowest BCUT2D eigenvalue weighted by Gasteiger charge is -2.05. The Hall–Kier alpha value is -2.81. The van der Waals surface area contributed by atoms with E-state index < -0.39 is 6.09 Å².